The maximum absolute atomic E-state index is 11.6. The first kappa shape index (κ1) is 22.7. The molecule has 1 heterocycles. The minimum absolute atomic E-state index is 0.0493. The van der Waals surface area contributed by atoms with Crippen LogP contribution in [0.1, 0.15) is 52.9 Å². The Kier molecular flexibility index (Phi) is 8.34. The van der Waals surface area contributed by atoms with Crippen LogP contribution in [0, 0.1) is 0 Å². The van der Waals surface area contributed by atoms with E-state index in [1.165, 1.54) is 12.0 Å². The number of unbranched alkanes of at least 4 members (excludes halogenated alkanes) is 1. The summed E-state index contributed by atoms with van der Waals surface area (Å²) < 4.78 is 11.1. The molecule has 26 heavy (non-hydrogen) atoms. The Morgan fingerprint density at radius 2 is 1.92 bits per heavy atom. The summed E-state index contributed by atoms with van der Waals surface area (Å²) in [5.41, 5.74) is 0. The molecule has 0 aromatic heterocycles. The number of nitrogens with zero attached hydrogens (tertiary/aromatic N) is 1. The molecular formula is C19H35NO5Si. The van der Waals surface area contributed by atoms with Crippen molar-refractivity contribution in [1.29, 1.82) is 0 Å². The Bertz CT molecular complexity index is 513. The van der Waals surface area contributed by atoms with Crippen molar-refractivity contribution < 1.29 is 23.9 Å². The number of methoxy groups -OCH3 is 1. The van der Waals surface area contributed by atoms with Crippen LogP contribution in [0.25, 0.3) is 0 Å². The quantitative estimate of drug-likeness (QED) is 0.290. The van der Waals surface area contributed by atoms with Gasteiger partial charge in [0.15, 0.2) is 8.32 Å². The van der Waals surface area contributed by atoms with E-state index in [4.69, 9.17) is 4.43 Å². The van der Waals surface area contributed by atoms with E-state index in [-0.39, 0.29) is 23.2 Å². The van der Waals surface area contributed by atoms with Gasteiger partial charge >= 0.3 is 12.1 Å². The van der Waals surface area contributed by atoms with Crippen LogP contribution in [0.3, 0.4) is 0 Å². The fourth-order valence-corrected chi connectivity index (χ4v) is 4.24. The SMILES string of the molecule is COC(=O)CCC/C=C\C[C@@H]1C(O[Si](C)(C)C(C)(C)C)CCN1C(=O)O. The second-order valence-corrected chi connectivity index (χ2v) is 13.2. The first-order valence-electron chi connectivity index (χ1n) is 9.39. The molecule has 1 amide bonds. The number of carbonyl (C=O) groups is 2. The van der Waals surface area contributed by atoms with Crippen molar-refractivity contribution >= 4 is 20.4 Å². The van der Waals surface area contributed by atoms with Gasteiger partial charge in [0.1, 0.15) is 0 Å². The lowest BCUT2D eigenvalue weighted by molar-refractivity contribution is -0.140. The third-order valence-electron chi connectivity index (χ3n) is 5.51. The molecule has 1 N–H and O–H groups in total. The molecule has 0 bridgehead atoms. The molecule has 6 nitrogen and oxygen atoms in total. The smallest absolute Gasteiger partial charge is 0.407 e. The van der Waals surface area contributed by atoms with Crippen molar-refractivity contribution in [2.75, 3.05) is 13.7 Å². The predicted octanol–water partition coefficient (Wildman–Crippen LogP) is 4.42. The second-order valence-electron chi connectivity index (χ2n) is 8.42. The molecule has 1 aliphatic heterocycles. The topological polar surface area (TPSA) is 76.1 Å². The van der Waals surface area contributed by atoms with Crippen LogP contribution in [0.4, 0.5) is 4.79 Å². The zero-order chi connectivity index (χ0) is 20.0. The fourth-order valence-electron chi connectivity index (χ4n) is 2.85. The number of hydrogen-bond donors (Lipinski definition) is 1. The van der Waals surface area contributed by atoms with Crippen molar-refractivity contribution in [3.05, 3.63) is 12.2 Å². The normalized spacial score (nSPS) is 21.4. The predicted molar refractivity (Wildman–Crippen MR) is 105 cm³/mol. The van der Waals surface area contributed by atoms with Crippen molar-refractivity contribution in [3.63, 3.8) is 0 Å². The van der Waals surface area contributed by atoms with Gasteiger partial charge in [-0.25, -0.2) is 4.79 Å². The minimum Gasteiger partial charge on any atom is -0.469 e. The van der Waals surface area contributed by atoms with E-state index in [0.717, 1.165) is 19.3 Å². The van der Waals surface area contributed by atoms with Crippen LogP contribution in [0.15, 0.2) is 12.2 Å². The Hall–Kier alpha value is -1.34. The highest BCUT2D eigenvalue weighted by Gasteiger charge is 2.44. The summed E-state index contributed by atoms with van der Waals surface area (Å²) >= 11 is 0. The number of esters is 1. The van der Waals surface area contributed by atoms with Gasteiger partial charge in [0.2, 0.25) is 0 Å². The standard InChI is InChI=1S/C19H35NO5Si/c1-19(2,3)26(5,6)25-16-13-14-20(18(22)23)15(16)11-9-7-8-10-12-17(21)24-4/h7,9,15-16H,8,10-14H2,1-6H3,(H,22,23)/b9-7-/t15-,16?/m1/s1. The zero-order valence-corrected chi connectivity index (χ0v) is 18.1. The average molecular weight is 386 g/mol. The third-order valence-corrected chi connectivity index (χ3v) is 10.0. The molecule has 1 saturated heterocycles. The van der Waals surface area contributed by atoms with E-state index < -0.39 is 14.4 Å². The molecule has 0 saturated carbocycles. The third kappa shape index (κ3) is 6.43. The highest BCUT2D eigenvalue weighted by molar-refractivity contribution is 6.74. The van der Waals surface area contributed by atoms with E-state index in [2.05, 4.69) is 38.6 Å². The number of amides is 1. The molecule has 0 aromatic carbocycles. The molecule has 0 aliphatic carbocycles. The number of allylic oxidation sites excluding steroid dienone is 1. The highest BCUT2D eigenvalue weighted by atomic mass is 28.4. The molecule has 2 atom stereocenters. The van der Waals surface area contributed by atoms with Gasteiger partial charge < -0.3 is 19.2 Å². The summed E-state index contributed by atoms with van der Waals surface area (Å²) in [6.07, 6.45) is 6.42. The minimum atomic E-state index is -1.95. The fraction of sp³-hybridized carbons (Fsp3) is 0.789. The van der Waals surface area contributed by atoms with Crippen LogP contribution in [0.5, 0.6) is 0 Å². The maximum Gasteiger partial charge on any atom is 0.407 e. The maximum atomic E-state index is 11.6. The molecular weight excluding hydrogens is 350 g/mol. The first-order valence-corrected chi connectivity index (χ1v) is 12.3. The van der Waals surface area contributed by atoms with E-state index in [0.29, 0.717) is 19.4 Å². The lowest BCUT2D eigenvalue weighted by atomic mass is 10.1. The largest absolute Gasteiger partial charge is 0.469 e. The Morgan fingerprint density at radius 1 is 1.27 bits per heavy atom. The van der Waals surface area contributed by atoms with Crippen molar-refractivity contribution in [1.82, 2.24) is 4.90 Å². The van der Waals surface area contributed by atoms with Crippen molar-refractivity contribution in [3.8, 4) is 0 Å². The number of rotatable bonds is 8. The number of carbonyl (C=O) groups excluding carboxylic acids is 1. The number of likely N-dealkylation sites (tertiary alicyclic amines) is 1. The zero-order valence-electron chi connectivity index (χ0n) is 17.1. The van der Waals surface area contributed by atoms with Gasteiger partial charge in [-0.05, 0) is 43.8 Å². The highest BCUT2D eigenvalue weighted by Crippen LogP contribution is 2.39. The summed E-state index contributed by atoms with van der Waals surface area (Å²) in [6.45, 7) is 11.5. The second kappa shape index (κ2) is 9.55. The molecule has 1 fully saturated rings. The molecule has 150 valence electrons. The van der Waals surface area contributed by atoms with Crippen molar-refractivity contribution in [2.45, 2.75) is 83.2 Å². The van der Waals surface area contributed by atoms with Gasteiger partial charge in [0.05, 0.1) is 19.3 Å². The summed E-state index contributed by atoms with van der Waals surface area (Å²) in [5, 5.41) is 9.59. The molecule has 0 radical (unpaired) electrons. The van der Waals surface area contributed by atoms with Gasteiger partial charge in [-0.15, -0.1) is 0 Å². The van der Waals surface area contributed by atoms with Crippen LogP contribution in [-0.4, -0.2) is 56.2 Å². The van der Waals surface area contributed by atoms with Crippen molar-refractivity contribution in [2.24, 2.45) is 0 Å². The van der Waals surface area contributed by atoms with Gasteiger partial charge in [-0.1, -0.05) is 32.9 Å². The van der Waals surface area contributed by atoms with Crippen LogP contribution in [-0.2, 0) is 14.0 Å². The van der Waals surface area contributed by atoms with E-state index >= 15 is 0 Å². The molecule has 0 spiro atoms. The van der Waals surface area contributed by atoms with E-state index in [9.17, 15) is 14.7 Å². The summed E-state index contributed by atoms with van der Waals surface area (Å²) in [5.74, 6) is -0.200. The molecule has 1 unspecified atom stereocenters. The van der Waals surface area contributed by atoms with Crippen LogP contribution in [0.2, 0.25) is 18.1 Å². The molecule has 7 heteroatoms. The lowest BCUT2D eigenvalue weighted by Gasteiger charge is -2.40. The first-order chi connectivity index (χ1) is 12.0. The average Bonchev–Trinajstić information content (AvgIpc) is 2.91. The lowest BCUT2D eigenvalue weighted by Crippen LogP contribution is -2.48. The van der Waals surface area contributed by atoms with E-state index in [1.54, 1.807) is 0 Å². The summed E-state index contributed by atoms with van der Waals surface area (Å²) in [6, 6.07) is -0.140. The number of hydrogen-bond acceptors (Lipinski definition) is 4. The Balaban J connectivity index is 2.66. The summed E-state index contributed by atoms with van der Waals surface area (Å²) in [7, 11) is -0.558. The monoisotopic (exact) mass is 385 g/mol. The van der Waals surface area contributed by atoms with E-state index in [1.807, 2.05) is 12.2 Å². The van der Waals surface area contributed by atoms with Gasteiger partial charge in [0.25, 0.3) is 0 Å². The van der Waals surface area contributed by atoms with Gasteiger partial charge in [-0.3, -0.25) is 4.79 Å². The van der Waals surface area contributed by atoms with Crippen LogP contribution >= 0.6 is 0 Å². The Morgan fingerprint density at radius 3 is 2.46 bits per heavy atom. The summed E-state index contributed by atoms with van der Waals surface area (Å²) in [4.78, 5) is 24.2. The van der Waals surface area contributed by atoms with Gasteiger partial charge in [0, 0.05) is 13.0 Å². The van der Waals surface area contributed by atoms with Gasteiger partial charge in [-0.2, -0.15) is 0 Å². The number of ether oxygens (including phenoxy) is 1. The molecule has 1 aliphatic rings. The number of carboxylic acid groups (broad SMARTS) is 1. The molecule has 1 rings (SSSR count). The Labute approximate surface area is 158 Å². The molecule has 0 aromatic rings. The van der Waals surface area contributed by atoms with Crippen LogP contribution < -0.4 is 0 Å².